The number of aryl methyl sites for hydroxylation is 1. The van der Waals surface area contributed by atoms with Crippen LogP contribution >= 0.6 is 0 Å². The second-order valence-electron chi connectivity index (χ2n) is 7.59. The average molecular weight is 431 g/mol. The summed E-state index contributed by atoms with van der Waals surface area (Å²) in [5, 5.41) is 12.0. The van der Waals surface area contributed by atoms with Crippen molar-refractivity contribution >= 4 is 22.6 Å². The van der Waals surface area contributed by atoms with Crippen LogP contribution in [0.4, 0.5) is 0 Å². The van der Waals surface area contributed by atoms with E-state index in [2.05, 4.69) is 10.3 Å². The van der Waals surface area contributed by atoms with E-state index < -0.39 is 5.91 Å². The number of hydrogen-bond donors (Lipinski definition) is 2. The fourth-order valence-corrected chi connectivity index (χ4v) is 3.74. The number of nitrogens with zero attached hydrogens (tertiary/aromatic N) is 3. The summed E-state index contributed by atoms with van der Waals surface area (Å²) >= 11 is 0. The van der Waals surface area contributed by atoms with E-state index in [1.54, 1.807) is 36.1 Å². The molecule has 0 radical (unpaired) electrons. The van der Waals surface area contributed by atoms with E-state index in [0.29, 0.717) is 36.3 Å². The lowest BCUT2D eigenvalue weighted by Gasteiger charge is -2.17. The van der Waals surface area contributed by atoms with E-state index in [4.69, 9.17) is 10.1 Å². The van der Waals surface area contributed by atoms with Gasteiger partial charge in [0.25, 0.3) is 11.5 Å². The monoisotopic (exact) mass is 431 g/mol. The third-order valence-electron chi connectivity index (χ3n) is 5.44. The first kappa shape index (κ1) is 21.5. The van der Waals surface area contributed by atoms with Crippen LogP contribution < -0.4 is 16.4 Å². The number of rotatable bonds is 7. The Morgan fingerprint density at radius 1 is 1.19 bits per heavy atom. The SMILES string of the molecule is COCCCn1c(=N)c(C(=O)NC(C)c2ccccc2)cc2c(=O)n3ccccc3nc21. The Labute approximate surface area is 184 Å². The zero-order chi connectivity index (χ0) is 22.7. The quantitative estimate of drug-likeness (QED) is 0.347. The highest BCUT2D eigenvalue weighted by Gasteiger charge is 2.19. The smallest absolute Gasteiger partial charge is 0.267 e. The van der Waals surface area contributed by atoms with Gasteiger partial charge in [0, 0.05) is 26.5 Å². The van der Waals surface area contributed by atoms with Crippen molar-refractivity contribution in [1.29, 1.82) is 5.41 Å². The molecule has 1 atom stereocenters. The lowest BCUT2D eigenvalue weighted by atomic mass is 10.1. The first-order valence-electron chi connectivity index (χ1n) is 10.5. The van der Waals surface area contributed by atoms with Crippen LogP contribution in [0, 0.1) is 5.41 Å². The van der Waals surface area contributed by atoms with Crippen LogP contribution in [0.25, 0.3) is 16.7 Å². The second-order valence-corrected chi connectivity index (χ2v) is 7.59. The Bertz CT molecular complexity index is 1390. The fraction of sp³-hybridized carbons (Fsp3) is 0.250. The molecule has 0 spiro atoms. The van der Waals surface area contributed by atoms with Gasteiger partial charge < -0.3 is 14.6 Å². The van der Waals surface area contributed by atoms with Crippen molar-refractivity contribution in [1.82, 2.24) is 19.3 Å². The lowest BCUT2D eigenvalue weighted by Crippen LogP contribution is -2.36. The molecule has 0 bridgehead atoms. The van der Waals surface area contributed by atoms with E-state index in [0.717, 1.165) is 5.56 Å². The van der Waals surface area contributed by atoms with Crippen LogP contribution in [-0.2, 0) is 11.3 Å². The molecule has 4 aromatic rings. The Kier molecular flexibility index (Phi) is 6.13. The van der Waals surface area contributed by atoms with Gasteiger partial charge in [-0.2, -0.15) is 0 Å². The molecule has 1 aromatic carbocycles. The van der Waals surface area contributed by atoms with Crippen LogP contribution in [0.5, 0.6) is 0 Å². The van der Waals surface area contributed by atoms with Gasteiger partial charge in [0.1, 0.15) is 16.8 Å². The predicted octanol–water partition coefficient (Wildman–Crippen LogP) is 2.66. The molecular formula is C24H25N5O3. The summed E-state index contributed by atoms with van der Waals surface area (Å²) in [7, 11) is 1.61. The maximum atomic E-state index is 13.2. The normalized spacial score (nSPS) is 12.2. The molecule has 0 aliphatic heterocycles. The van der Waals surface area contributed by atoms with E-state index in [9.17, 15) is 9.59 Å². The van der Waals surface area contributed by atoms with Gasteiger partial charge in [0.2, 0.25) is 0 Å². The summed E-state index contributed by atoms with van der Waals surface area (Å²) in [5.74, 6) is -0.411. The molecule has 0 fully saturated rings. The molecule has 2 N–H and O–H groups in total. The molecule has 4 rings (SSSR count). The molecule has 0 aliphatic rings. The van der Waals surface area contributed by atoms with E-state index in [1.165, 1.54) is 10.5 Å². The highest BCUT2D eigenvalue weighted by Crippen LogP contribution is 2.14. The van der Waals surface area contributed by atoms with Crippen LogP contribution in [-0.4, -0.2) is 33.6 Å². The molecule has 3 aromatic heterocycles. The zero-order valence-corrected chi connectivity index (χ0v) is 18.0. The van der Waals surface area contributed by atoms with Crippen molar-refractivity contribution in [3.63, 3.8) is 0 Å². The molecule has 0 aliphatic carbocycles. The minimum absolute atomic E-state index is 0.0125. The number of ether oxygens (including phenoxy) is 1. The number of nitrogens with one attached hydrogen (secondary N) is 2. The summed E-state index contributed by atoms with van der Waals surface area (Å²) < 4.78 is 8.21. The largest absolute Gasteiger partial charge is 0.385 e. The van der Waals surface area contributed by atoms with Crippen molar-refractivity contribution in [3.05, 3.63) is 87.8 Å². The van der Waals surface area contributed by atoms with Gasteiger partial charge in [0.15, 0.2) is 0 Å². The molecule has 8 nitrogen and oxygen atoms in total. The third-order valence-corrected chi connectivity index (χ3v) is 5.44. The standard InChI is InChI=1S/C24H25N5O3/c1-16(17-9-4-3-5-10-17)26-23(30)18-15-19-22(29(21(18)25)13-8-14-32-2)27-20-11-6-7-12-28(20)24(19)31/h3-7,9-12,15-16,25H,8,13-14H2,1-2H3,(H,26,30). The number of methoxy groups -OCH3 is 1. The molecule has 32 heavy (non-hydrogen) atoms. The van der Waals surface area contributed by atoms with Crippen molar-refractivity contribution in [2.45, 2.75) is 25.9 Å². The van der Waals surface area contributed by atoms with Gasteiger partial charge in [-0.15, -0.1) is 0 Å². The molecule has 8 heteroatoms. The van der Waals surface area contributed by atoms with E-state index in [1.807, 2.05) is 37.3 Å². The number of pyridine rings is 2. The number of carbonyl (C=O) groups excluding carboxylic acids is 1. The first-order chi connectivity index (χ1) is 15.5. The highest BCUT2D eigenvalue weighted by molar-refractivity contribution is 5.97. The summed E-state index contributed by atoms with van der Waals surface area (Å²) in [6, 6.07) is 16.1. The third kappa shape index (κ3) is 4.04. The second kappa shape index (κ2) is 9.15. The predicted molar refractivity (Wildman–Crippen MR) is 122 cm³/mol. The van der Waals surface area contributed by atoms with Crippen LogP contribution in [0.15, 0.2) is 65.6 Å². The fourth-order valence-electron chi connectivity index (χ4n) is 3.74. The molecular weight excluding hydrogens is 406 g/mol. The van der Waals surface area contributed by atoms with E-state index in [-0.39, 0.29) is 22.7 Å². The summed E-state index contributed by atoms with van der Waals surface area (Å²) in [6.45, 7) is 2.77. The average Bonchev–Trinajstić information content (AvgIpc) is 2.81. The molecule has 0 saturated carbocycles. The van der Waals surface area contributed by atoms with Gasteiger partial charge in [-0.3, -0.25) is 19.4 Å². The van der Waals surface area contributed by atoms with Crippen molar-refractivity contribution < 1.29 is 9.53 Å². The Morgan fingerprint density at radius 3 is 2.69 bits per heavy atom. The molecule has 1 amide bonds. The Morgan fingerprint density at radius 2 is 1.94 bits per heavy atom. The van der Waals surface area contributed by atoms with Crippen molar-refractivity contribution in [2.75, 3.05) is 13.7 Å². The number of hydrogen-bond acceptors (Lipinski definition) is 5. The van der Waals surface area contributed by atoms with Gasteiger partial charge in [-0.25, -0.2) is 4.98 Å². The number of fused-ring (bicyclic) bond motifs is 2. The van der Waals surface area contributed by atoms with Gasteiger partial charge in [-0.1, -0.05) is 36.4 Å². The summed E-state index contributed by atoms with van der Waals surface area (Å²) in [5.41, 5.74) is 1.69. The zero-order valence-electron chi connectivity index (χ0n) is 18.0. The number of amides is 1. The summed E-state index contributed by atoms with van der Waals surface area (Å²) in [6.07, 6.45) is 2.26. The van der Waals surface area contributed by atoms with Crippen molar-refractivity contribution in [3.8, 4) is 0 Å². The van der Waals surface area contributed by atoms with Crippen molar-refractivity contribution in [2.24, 2.45) is 0 Å². The number of carbonyl (C=O) groups is 1. The maximum Gasteiger partial charge on any atom is 0.267 e. The van der Waals surface area contributed by atoms with Crippen LogP contribution in [0.2, 0.25) is 0 Å². The minimum atomic E-state index is -0.411. The lowest BCUT2D eigenvalue weighted by molar-refractivity contribution is 0.0937. The molecule has 1 unspecified atom stereocenters. The molecule has 164 valence electrons. The van der Waals surface area contributed by atoms with Gasteiger partial charge >= 0.3 is 0 Å². The van der Waals surface area contributed by atoms with Gasteiger partial charge in [0.05, 0.1) is 17.0 Å². The number of aromatic nitrogens is 3. The molecule has 0 saturated heterocycles. The highest BCUT2D eigenvalue weighted by atomic mass is 16.5. The maximum absolute atomic E-state index is 13.2. The van der Waals surface area contributed by atoms with Crippen LogP contribution in [0.1, 0.15) is 35.3 Å². The Hall–Kier alpha value is -3.78. The topological polar surface area (TPSA) is 101 Å². The van der Waals surface area contributed by atoms with E-state index >= 15 is 0 Å². The first-order valence-corrected chi connectivity index (χ1v) is 10.5. The number of benzene rings is 1. The summed E-state index contributed by atoms with van der Waals surface area (Å²) in [4.78, 5) is 31.0. The van der Waals surface area contributed by atoms with Crippen LogP contribution in [0.3, 0.4) is 0 Å². The Balaban J connectivity index is 1.85. The molecule has 3 heterocycles. The minimum Gasteiger partial charge on any atom is -0.385 e. The van der Waals surface area contributed by atoms with Gasteiger partial charge in [-0.05, 0) is 37.1 Å².